The molecule has 0 aromatic rings. The summed E-state index contributed by atoms with van der Waals surface area (Å²) in [5.74, 6) is -0.0294. The maximum absolute atomic E-state index is 11.5. The lowest BCUT2D eigenvalue weighted by Gasteiger charge is -2.22. The van der Waals surface area contributed by atoms with Gasteiger partial charge < -0.3 is 15.2 Å². The molecule has 1 aliphatic carbocycles. The fraction of sp³-hybridized carbons (Fsp3) is 0.833. The Labute approximate surface area is 102 Å². The number of carbonyl (C=O) groups excluding carboxylic acids is 1. The molecule has 0 radical (unpaired) electrons. The molecule has 98 valence electrons. The molecule has 1 aliphatic rings. The number of alkyl carbamates (subject to hydrolysis) is 1. The van der Waals surface area contributed by atoms with Gasteiger partial charge in [0.15, 0.2) is 0 Å². The van der Waals surface area contributed by atoms with E-state index >= 15 is 0 Å². The molecule has 0 heterocycles. The summed E-state index contributed by atoms with van der Waals surface area (Å²) in [6.07, 6.45) is 0.855. The molecule has 5 heteroatoms. The van der Waals surface area contributed by atoms with E-state index in [1.54, 1.807) is 20.8 Å². The van der Waals surface area contributed by atoms with Crippen LogP contribution in [0.5, 0.6) is 0 Å². The van der Waals surface area contributed by atoms with Gasteiger partial charge in [-0.1, -0.05) is 6.92 Å². The number of carbonyl (C=O) groups is 2. The molecule has 0 aliphatic heterocycles. The zero-order valence-electron chi connectivity index (χ0n) is 10.8. The molecule has 0 aromatic heterocycles. The van der Waals surface area contributed by atoms with E-state index in [9.17, 15) is 9.59 Å². The average Bonchev–Trinajstić information content (AvgIpc) is 2.76. The van der Waals surface area contributed by atoms with Gasteiger partial charge in [-0.05, 0) is 45.4 Å². The summed E-state index contributed by atoms with van der Waals surface area (Å²) in [7, 11) is 0. The van der Waals surface area contributed by atoms with Crippen molar-refractivity contribution in [2.45, 2.75) is 52.2 Å². The first-order valence-electron chi connectivity index (χ1n) is 5.91. The Kier molecular flexibility index (Phi) is 4.01. The standard InChI is InChI=1S/C12H21NO4/c1-7-5-8(7)6-9(10(14)15)13-11(16)17-12(2,3)4/h7-9H,5-6H2,1-4H3,(H,13,16)(H,14,15). The zero-order valence-corrected chi connectivity index (χ0v) is 10.8. The minimum Gasteiger partial charge on any atom is -0.480 e. The summed E-state index contributed by atoms with van der Waals surface area (Å²) in [5.41, 5.74) is -0.611. The minimum absolute atomic E-state index is 0.408. The van der Waals surface area contributed by atoms with Gasteiger partial charge in [-0.15, -0.1) is 0 Å². The van der Waals surface area contributed by atoms with E-state index in [2.05, 4.69) is 12.2 Å². The van der Waals surface area contributed by atoms with E-state index in [1.165, 1.54) is 0 Å². The maximum Gasteiger partial charge on any atom is 0.408 e. The second-order valence-corrected chi connectivity index (χ2v) is 5.75. The van der Waals surface area contributed by atoms with E-state index in [0.717, 1.165) is 6.42 Å². The van der Waals surface area contributed by atoms with Crippen molar-refractivity contribution in [2.75, 3.05) is 0 Å². The highest BCUT2D eigenvalue weighted by Crippen LogP contribution is 2.41. The summed E-state index contributed by atoms with van der Waals surface area (Å²) in [5, 5.41) is 11.4. The Morgan fingerprint density at radius 3 is 2.35 bits per heavy atom. The fourth-order valence-electron chi connectivity index (χ4n) is 1.70. The van der Waals surface area contributed by atoms with Crippen LogP contribution in [0.25, 0.3) is 0 Å². The molecule has 17 heavy (non-hydrogen) atoms. The molecule has 1 saturated carbocycles. The van der Waals surface area contributed by atoms with Crippen LogP contribution in [-0.4, -0.2) is 28.8 Å². The molecule has 0 bridgehead atoms. The van der Waals surface area contributed by atoms with Crippen LogP contribution in [-0.2, 0) is 9.53 Å². The SMILES string of the molecule is CC1CC1CC(NC(=O)OC(C)(C)C)C(=O)O. The summed E-state index contributed by atoms with van der Waals surface area (Å²) in [6.45, 7) is 7.30. The van der Waals surface area contributed by atoms with E-state index in [1.807, 2.05) is 0 Å². The van der Waals surface area contributed by atoms with Crippen LogP contribution < -0.4 is 5.32 Å². The molecule has 0 spiro atoms. The van der Waals surface area contributed by atoms with Gasteiger partial charge in [0.1, 0.15) is 11.6 Å². The quantitative estimate of drug-likeness (QED) is 0.792. The average molecular weight is 243 g/mol. The van der Waals surface area contributed by atoms with Crippen LogP contribution in [0.3, 0.4) is 0 Å². The van der Waals surface area contributed by atoms with Crippen molar-refractivity contribution in [3.05, 3.63) is 0 Å². The van der Waals surface area contributed by atoms with Crippen LogP contribution in [0.4, 0.5) is 4.79 Å². The van der Waals surface area contributed by atoms with Crippen molar-refractivity contribution in [1.82, 2.24) is 5.32 Å². The highest BCUT2D eigenvalue weighted by Gasteiger charge is 2.37. The number of ether oxygens (including phenoxy) is 1. The number of aliphatic carboxylic acids is 1. The van der Waals surface area contributed by atoms with E-state index in [4.69, 9.17) is 9.84 Å². The zero-order chi connectivity index (χ0) is 13.2. The molecule has 0 saturated heterocycles. The van der Waals surface area contributed by atoms with Gasteiger partial charge in [-0.3, -0.25) is 0 Å². The first-order chi connectivity index (χ1) is 7.69. The normalized spacial score (nSPS) is 24.9. The van der Waals surface area contributed by atoms with E-state index < -0.39 is 23.7 Å². The molecular weight excluding hydrogens is 222 g/mol. The van der Waals surface area contributed by atoms with Crippen molar-refractivity contribution in [2.24, 2.45) is 11.8 Å². The summed E-state index contributed by atoms with van der Waals surface area (Å²) in [4.78, 5) is 22.5. The number of carboxylic acid groups (broad SMARTS) is 1. The van der Waals surface area contributed by atoms with Gasteiger partial charge in [-0.25, -0.2) is 9.59 Å². The third kappa shape index (κ3) is 5.06. The molecule has 2 N–H and O–H groups in total. The van der Waals surface area contributed by atoms with Gasteiger partial charge in [0.05, 0.1) is 0 Å². The van der Waals surface area contributed by atoms with Crippen LogP contribution >= 0.6 is 0 Å². The Morgan fingerprint density at radius 2 is 2.00 bits per heavy atom. The van der Waals surface area contributed by atoms with Crippen molar-refractivity contribution < 1.29 is 19.4 Å². The van der Waals surface area contributed by atoms with Crippen molar-refractivity contribution >= 4 is 12.1 Å². The van der Waals surface area contributed by atoms with Crippen LogP contribution in [0, 0.1) is 11.8 Å². The monoisotopic (exact) mass is 243 g/mol. The first-order valence-corrected chi connectivity index (χ1v) is 5.91. The van der Waals surface area contributed by atoms with Crippen LogP contribution in [0.1, 0.15) is 40.5 Å². The highest BCUT2D eigenvalue weighted by molar-refractivity contribution is 5.80. The summed E-state index contributed by atoms with van der Waals surface area (Å²) < 4.78 is 5.03. The van der Waals surface area contributed by atoms with Crippen LogP contribution in [0.2, 0.25) is 0 Å². The summed E-state index contributed by atoms with van der Waals surface area (Å²) in [6, 6.07) is -0.847. The third-order valence-corrected chi connectivity index (χ3v) is 2.80. The Balaban J connectivity index is 2.43. The molecule has 1 fully saturated rings. The highest BCUT2D eigenvalue weighted by atomic mass is 16.6. The molecule has 3 atom stereocenters. The Bertz CT molecular complexity index is 308. The fourth-order valence-corrected chi connectivity index (χ4v) is 1.70. The smallest absolute Gasteiger partial charge is 0.408 e. The van der Waals surface area contributed by atoms with Gasteiger partial charge >= 0.3 is 12.1 Å². The van der Waals surface area contributed by atoms with Crippen molar-refractivity contribution in [3.8, 4) is 0 Å². The van der Waals surface area contributed by atoms with Gasteiger partial charge in [0, 0.05) is 0 Å². The predicted octanol–water partition coefficient (Wildman–Crippen LogP) is 2.01. The molecular formula is C12H21NO4. The van der Waals surface area contributed by atoms with Crippen LogP contribution in [0.15, 0.2) is 0 Å². The largest absolute Gasteiger partial charge is 0.480 e. The number of amides is 1. The lowest BCUT2D eigenvalue weighted by Crippen LogP contribution is -2.43. The Morgan fingerprint density at radius 1 is 1.47 bits per heavy atom. The Hall–Kier alpha value is -1.26. The molecule has 1 amide bonds. The topological polar surface area (TPSA) is 75.6 Å². The number of carboxylic acids is 1. The second kappa shape index (κ2) is 4.94. The lowest BCUT2D eigenvalue weighted by atomic mass is 10.1. The van der Waals surface area contributed by atoms with Crippen molar-refractivity contribution in [1.29, 1.82) is 0 Å². The van der Waals surface area contributed by atoms with E-state index in [0.29, 0.717) is 18.3 Å². The molecule has 1 rings (SSSR count). The predicted molar refractivity (Wildman–Crippen MR) is 62.7 cm³/mol. The third-order valence-electron chi connectivity index (χ3n) is 2.80. The first kappa shape index (κ1) is 13.8. The number of rotatable bonds is 4. The molecule has 3 unspecified atom stereocenters. The van der Waals surface area contributed by atoms with Gasteiger partial charge in [0.25, 0.3) is 0 Å². The lowest BCUT2D eigenvalue weighted by molar-refractivity contribution is -0.139. The molecule has 0 aromatic carbocycles. The number of hydrogen-bond donors (Lipinski definition) is 2. The maximum atomic E-state index is 11.5. The van der Waals surface area contributed by atoms with Gasteiger partial charge in [0.2, 0.25) is 0 Å². The number of nitrogens with one attached hydrogen (secondary N) is 1. The number of hydrogen-bond acceptors (Lipinski definition) is 3. The summed E-state index contributed by atoms with van der Waals surface area (Å²) >= 11 is 0. The second-order valence-electron chi connectivity index (χ2n) is 5.75. The van der Waals surface area contributed by atoms with Gasteiger partial charge in [-0.2, -0.15) is 0 Å². The minimum atomic E-state index is -1.00. The van der Waals surface area contributed by atoms with E-state index in [-0.39, 0.29) is 0 Å². The van der Waals surface area contributed by atoms with Crippen molar-refractivity contribution in [3.63, 3.8) is 0 Å². The molecule has 5 nitrogen and oxygen atoms in total.